The Labute approximate surface area is 192 Å². The summed E-state index contributed by atoms with van der Waals surface area (Å²) in [6, 6.07) is 0. The molecular formula is C29H50O2. The van der Waals surface area contributed by atoms with Gasteiger partial charge in [-0.1, -0.05) is 66.0 Å². The van der Waals surface area contributed by atoms with Crippen LogP contribution >= 0.6 is 0 Å². The number of aliphatic hydroxyl groups excluding tert-OH is 2. The standard InChI is InChI=1S/C29H50O2/c1-7-20(18(2)3)9-8-19(4)27-26(31)17-25-23-11-10-21-16-22(30)12-14-28(21,5)24(23)13-15-29(25,27)6/h17-24,26-27,30-31H,7-16H2,1-6H3/t19?,20-,21+,22+,23?,24?,26-,27+,28+,29+/m1/s1. The third-order valence-corrected chi connectivity index (χ3v) is 11.2. The number of allylic oxidation sites excluding steroid dienone is 1. The molecule has 4 aliphatic rings. The van der Waals surface area contributed by atoms with Crippen molar-refractivity contribution >= 4 is 0 Å². The van der Waals surface area contributed by atoms with Gasteiger partial charge in [-0.05, 0) is 97.7 Å². The minimum Gasteiger partial charge on any atom is -0.393 e. The molecule has 4 rings (SSSR count). The van der Waals surface area contributed by atoms with E-state index in [-0.39, 0.29) is 17.6 Å². The second-order valence-corrected chi connectivity index (χ2v) is 13.0. The van der Waals surface area contributed by atoms with Crippen LogP contribution in [0.5, 0.6) is 0 Å². The van der Waals surface area contributed by atoms with Gasteiger partial charge in [-0.3, -0.25) is 0 Å². The molecule has 10 atom stereocenters. The zero-order valence-corrected chi connectivity index (χ0v) is 21.2. The van der Waals surface area contributed by atoms with Gasteiger partial charge in [0, 0.05) is 5.92 Å². The maximum Gasteiger partial charge on any atom is 0.0762 e. The number of hydrogen-bond acceptors (Lipinski definition) is 2. The second kappa shape index (κ2) is 8.79. The van der Waals surface area contributed by atoms with Crippen molar-refractivity contribution in [2.75, 3.05) is 0 Å². The summed E-state index contributed by atoms with van der Waals surface area (Å²) in [4.78, 5) is 0. The molecule has 31 heavy (non-hydrogen) atoms. The van der Waals surface area contributed by atoms with E-state index in [1.165, 1.54) is 51.4 Å². The Morgan fingerprint density at radius 2 is 1.74 bits per heavy atom. The lowest BCUT2D eigenvalue weighted by atomic mass is 9.45. The predicted molar refractivity (Wildman–Crippen MR) is 130 cm³/mol. The fourth-order valence-electron chi connectivity index (χ4n) is 9.27. The van der Waals surface area contributed by atoms with Crippen molar-refractivity contribution in [3.8, 4) is 0 Å². The lowest BCUT2D eigenvalue weighted by Gasteiger charge is -2.59. The summed E-state index contributed by atoms with van der Waals surface area (Å²) in [5.41, 5.74) is 2.22. The molecule has 4 aliphatic carbocycles. The predicted octanol–water partition coefficient (Wildman–Crippen LogP) is 7.00. The summed E-state index contributed by atoms with van der Waals surface area (Å²) in [6.07, 6.45) is 14.2. The molecular weight excluding hydrogens is 380 g/mol. The van der Waals surface area contributed by atoms with E-state index < -0.39 is 0 Å². The lowest BCUT2D eigenvalue weighted by molar-refractivity contribution is -0.0888. The normalized spacial score (nSPS) is 46.7. The Morgan fingerprint density at radius 3 is 2.42 bits per heavy atom. The summed E-state index contributed by atoms with van der Waals surface area (Å²) in [7, 11) is 0. The van der Waals surface area contributed by atoms with E-state index >= 15 is 0 Å². The zero-order chi connectivity index (χ0) is 22.6. The minimum absolute atomic E-state index is 0.0704. The first kappa shape index (κ1) is 23.8. The fraction of sp³-hybridized carbons (Fsp3) is 0.931. The summed E-state index contributed by atoms with van der Waals surface area (Å²) < 4.78 is 0. The van der Waals surface area contributed by atoms with Crippen molar-refractivity contribution in [1.82, 2.24) is 0 Å². The molecule has 2 N–H and O–H groups in total. The van der Waals surface area contributed by atoms with Crippen LogP contribution in [0, 0.1) is 52.3 Å². The van der Waals surface area contributed by atoms with Crippen LogP contribution in [0.3, 0.4) is 0 Å². The molecule has 3 saturated carbocycles. The largest absolute Gasteiger partial charge is 0.393 e. The summed E-state index contributed by atoms with van der Waals surface area (Å²) in [5.74, 6) is 4.67. The van der Waals surface area contributed by atoms with Crippen LogP contribution in [0.25, 0.3) is 0 Å². The second-order valence-electron chi connectivity index (χ2n) is 13.0. The third-order valence-electron chi connectivity index (χ3n) is 11.2. The third kappa shape index (κ3) is 3.96. The van der Waals surface area contributed by atoms with Gasteiger partial charge in [0.1, 0.15) is 0 Å². The van der Waals surface area contributed by atoms with Crippen molar-refractivity contribution in [2.45, 2.75) is 118 Å². The average Bonchev–Trinajstić information content (AvgIpc) is 2.98. The molecule has 0 aromatic rings. The van der Waals surface area contributed by atoms with Crippen molar-refractivity contribution in [1.29, 1.82) is 0 Å². The zero-order valence-electron chi connectivity index (χ0n) is 21.2. The van der Waals surface area contributed by atoms with Gasteiger partial charge in [0.2, 0.25) is 0 Å². The van der Waals surface area contributed by atoms with Gasteiger partial charge in [0.25, 0.3) is 0 Å². The molecule has 3 unspecified atom stereocenters. The molecule has 0 aromatic carbocycles. The monoisotopic (exact) mass is 430 g/mol. The molecule has 0 heterocycles. The van der Waals surface area contributed by atoms with Gasteiger partial charge in [0.15, 0.2) is 0 Å². The van der Waals surface area contributed by atoms with Crippen LogP contribution in [0.2, 0.25) is 0 Å². The highest BCUT2D eigenvalue weighted by molar-refractivity contribution is 5.32. The molecule has 3 fully saturated rings. The van der Waals surface area contributed by atoms with Crippen LogP contribution in [-0.4, -0.2) is 22.4 Å². The first-order valence-corrected chi connectivity index (χ1v) is 13.7. The molecule has 0 bridgehead atoms. The number of hydrogen-bond donors (Lipinski definition) is 2. The van der Waals surface area contributed by atoms with Gasteiger partial charge >= 0.3 is 0 Å². The minimum atomic E-state index is -0.258. The van der Waals surface area contributed by atoms with E-state index in [9.17, 15) is 10.2 Å². The van der Waals surface area contributed by atoms with Crippen LogP contribution in [0.1, 0.15) is 106 Å². The molecule has 2 heteroatoms. The summed E-state index contributed by atoms with van der Waals surface area (Å²) in [5, 5.41) is 21.6. The first-order valence-electron chi connectivity index (χ1n) is 13.7. The average molecular weight is 431 g/mol. The van der Waals surface area contributed by atoms with E-state index in [0.717, 1.165) is 30.6 Å². The smallest absolute Gasteiger partial charge is 0.0762 e. The highest BCUT2D eigenvalue weighted by Crippen LogP contribution is 2.66. The number of rotatable bonds is 6. The van der Waals surface area contributed by atoms with Crippen LogP contribution in [0.4, 0.5) is 0 Å². The molecule has 0 aromatic heterocycles. The maximum absolute atomic E-state index is 11.3. The summed E-state index contributed by atoms with van der Waals surface area (Å²) >= 11 is 0. The van der Waals surface area contributed by atoms with Gasteiger partial charge < -0.3 is 10.2 Å². The fourth-order valence-corrected chi connectivity index (χ4v) is 9.27. The molecule has 2 nitrogen and oxygen atoms in total. The van der Waals surface area contributed by atoms with Crippen molar-refractivity contribution in [3.63, 3.8) is 0 Å². The number of aliphatic hydroxyl groups is 2. The topological polar surface area (TPSA) is 40.5 Å². The summed E-state index contributed by atoms with van der Waals surface area (Å²) in [6.45, 7) is 14.6. The van der Waals surface area contributed by atoms with Crippen LogP contribution < -0.4 is 0 Å². The highest BCUT2D eigenvalue weighted by atomic mass is 16.3. The van der Waals surface area contributed by atoms with Crippen molar-refractivity contribution in [2.24, 2.45) is 52.3 Å². The van der Waals surface area contributed by atoms with Gasteiger partial charge in [0.05, 0.1) is 12.2 Å². The quantitative estimate of drug-likeness (QED) is 0.446. The van der Waals surface area contributed by atoms with Gasteiger partial charge in [-0.15, -0.1) is 0 Å². The Morgan fingerprint density at radius 1 is 1.00 bits per heavy atom. The molecule has 0 amide bonds. The van der Waals surface area contributed by atoms with E-state index in [0.29, 0.717) is 29.1 Å². The van der Waals surface area contributed by atoms with Crippen molar-refractivity contribution < 1.29 is 10.2 Å². The maximum atomic E-state index is 11.3. The molecule has 0 spiro atoms. The van der Waals surface area contributed by atoms with E-state index in [1.807, 2.05) is 0 Å². The lowest BCUT2D eigenvalue weighted by Crippen LogP contribution is -2.52. The van der Waals surface area contributed by atoms with E-state index in [4.69, 9.17) is 0 Å². The Hall–Kier alpha value is -0.340. The van der Waals surface area contributed by atoms with Gasteiger partial charge in [-0.2, -0.15) is 0 Å². The molecule has 178 valence electrons. The SMILES string of the molecule is CC[C@H](CCC(C)[C@H]1[C@H](O)C=C2C3CC[C@H]4C[C@@H](O)CC[C@]4(C)C3CC[C@@]21C)C(C)C. The van der Waals surface area contributed by atoms with Gasteiger partial charge in [-0.25, -0.2) is 0 Å². The van der Waals surface area contributed by atoms with Crippen molar-refractivity contribution in [3.05, 3.63) is 11.6 Å². The molecule has 0 radical (unpaired) electrons. The Kier molecular flexibility index (Phi) is 6.75. The molecule has 0 aliphatic heterocycles. The Balaban J connectivity index is 1.51. The van der Waals surface area contributed by atoms with E-state index in [2.05, 4.69) is 47.6 Å². The van der Waals surface area contributed by atoms with Crippen LogP contribution in [0.15, 0.2) is 11.6 Å². The van der Waals surface area contributed by atoms with E-state index in [1.54, 1.807) is 5.57 Å². The first-order chi connectivity index (χ1) is 14.6. The van der Waals surface area contributed by atoms with Crippen LogP contribution in [-0.2, 0) is 0 Å². The number of fused-ring (bicyclic) bond motifs is 5. The molecule has 0 saturated heterocycles. The Bertz CT molecular complexity index is 668. The highest BCUT2D eigenvalue weighted by Gasteiger charge is 2.59.